The normalized spacial score (nSPS) is 6.71. The second kappa shape index (κ2) is 29.7. The topological polar surface area (TPSA) is 99.6 Å². The van der Waals surface area contributed by atoms with Gasteiger partial charge in [0.2, 0.25) is 0 Å². The minimum atomic E-state index is 0.824. The third-order valence-electron chi connectivity index (χ3n) is 1.16. The highest BCUT2D eigenvalue weighted by Gasteiger charge is 1.83. The number of hydrogen-bond donors (Lipinski definition) is 2. The Hall–Kier alpha value is -1.10. The molecule has 0 aromatic carbocycles. The van der Waals surface area contributed by atoms with Gasteiger partial charge in [-0.05, 0) is 25.9 Å². The van der Waals surface area contributed by atoms with E-state index in [1.807, 2.05) is 0 Å². The molecule has 0 aliphatic rings. The summed E-state index contributed by atoms with van der Waals surface area (Å²) in [7, 11) is 0. The zero-order valence-corrected chi connectivity index (χ0v) is 9.29. The van der Waals surface area contributed by atoms with Gasteiger partial charge in [0.25, 0.3) is 0 Å². The van der Waals surface area contributed by atoms with Crippen molar-refractivity contribution in [1.29, 1.82) is 10.5 Å². The SMILES string of the molecule is CC#N.CC#N.NCCCCCCN. The van der Waals surface area contributed by atoms with Gasteiger partial charge in [-0.2, -0.15) is 10.5 Å². The molecule has 82 valence electrons. The van der Waals surface area contributed by atoms with Crippen molar-refractivity contribution < 1.29 is 0 Å². The lowest BCUT2D eigenvalue weighted by Crippen LogP contribution is -2.00. The third kappa shape index (κ3) is 70.2. The predicted octanol–water partition coefficient (Wildman–Crippen LogP) is 1.52. The summed E-state index contributed by atoms with van der Waals surface area (Å²) in [5.41, 5.74) is 10.6. The van der Waals surface area contributed by atoms with Crippen LogP contribution >= 0.6 is 0 Å². The van der Waals surface area contributed by atoms with Gasteiger partial charge in [0, 0.05) is 13.8 Å². The molecule has 0 bridgehead atoms. The Morgan fingerprint density at radius 3 is 1.14 bits per heavy atom. The van der Waals surface area contributed by atoms with Crippen LogP contribution in [0, 0.1) is 22.7 Å². The quantitative estimate of drug-likeness (QED) is 0.654. The molecule has 0 saturated heterocycles. The van der Waals surface area contributed by atoms with Crippen LogP contribution < -0.4 is 11.5 Å². The maximum absolute atomic E-state index is 7.32. The second-order valence-electron chi connectivity index (χ2n) is 2.44. The molecule has 0 spiro atoms. The Kier molecular flexibility index (Phi) is 39.5. The Balaban J connectivity index is -0.000000168. The minimum absolute atomic E-state index is 0.824. The third-order valence-corrected chi connectivity index (χ3v) is 1.16. The highest BCUT2D eigenvalue weighted by molar-refractivity contribution is 4.51. The van der Waals surface area contributed by atoms with Crippen LogP contribution in [0.3, 0.4) is 0 Å². The van der Waals surface area contributed by atoms with E-state index >= 15 is 0 Å². The number of rotatable bonds is 5. The molecule has 0 radical (unpaired) electrons. The minimum Gasteiger partial charge on any atom is -0.330 e. The van der Waals surface area contributed by atoms with Crippen LogP contribution in [0.1, 0.15) is 39.5 Å². The van der Waals surface area contributed by atoms with Crippen molar-refractivity contribution in [1.82, 2.24) is 0 Å². The molecule has 0 saturated carbocycles. The van der Waals surface area contributed by atoms with Crippen LogP contribution in [-0.4, -0.2) is 13.1 Å². The lowest BCUT2D eigenvalue weighted by molar-refractivity contribution is 0.653. The Morgan fingerprint density at radius 2 is 1.00 bits per heavy atom. The lowest BCUT2D eigenvalue weighted by Gasteiger charge is -1.94. The molecule has 0 aromatic rings. The Labute approximate surface area is 87.5 Å². The number of hydrogen-bond acceptors (Lipinski definition) is 4. The maximum atomic E-state index is 7.32. The fraction of sp³-hybridized carbons (Fsp3) is 0.800. The van der Waals surface area contributed by atoms with Gasteiger partial charge in [-0.15, -0.1) is 0 Å². The average molecular weight is 198 g/mol. The molecule has 0 rings (SSSR count). The van der Waals surface area contributed by atoms with Crippen LogP contribution in [0.25, 0.3) is 0 Å². The molecule has 4 heteroatoms. The summed E-state index contributed by atoms with van der Waals surface area (Å²) in [6.07, 6.45) is 4.79. The fourth-order valence-electron chi connectivity index (χ4n) is 0.642. The van der Waals surface area contributed by atoms with Gasteiger partial charge < -0.3 is 11.5 Å². The summed E-state index contributed by atoms with van der Waals surface area (Å²) >= 11 is 0. The number of nitrogens with two attached hydrogens (primary N) is 2. The van der Waals surface area contributed by atoms with E-state index in [4.69, 9.17) is 22.0 Å². The van der Waals surface area contributed by atoms with Crippen LogP contribution in [-0.2, 0) is 0 Å². The average Bonchev–Trinajstić information content (AvgIpc) is 2.15. The van der Waals surface area contributed by atoms with E-state index in [9.17, 15) is 0 Å². The first-order chi connectivity index (χ1) is 6.74. The smallest absolute Gasteiger partial charge is 0.0587 e. The molecule has 14 heavy (non-hydrogen) atoms. The predicted molar refractivity (Wildman–Crippen MR) is 59.2 cm³/mol. The number of nitriles is 2. The molecule has 0 aromatic heterocycles. The van der Waals surface area contributed by atoms with Crippen molar-refractivity contribution in [3.8, 4) is 12.1 Å². The van der Waals surface area contributed by atoms with Gasteiger partial charge in [-0.25, -0.2) is 0 Å². The van der Waals surface area contributed by atoms with E-state index in [0.29, 0.717) is 0 Å². The monoisotopic (exact) mass is 198 g/mol. The van der Waals surface area contributed by atoms with Crippen molar-refractivity contribution in [3.05, 3.63) is 0 Å². The lowest BCUT2D eigenvalue weighted by atomic mass is 10.2. The van der Waals surface area contributed by atoms with E-state index in [2.05, 4.69) is 0 Å². The summed E-state index contributed by atoms with van der Waals surface area (Å²) in [6, 6.07) is 3.50. The molecular formula is C10H22N4. The Morgan fingerprint density at radius 1 is 0.786 bits per heavy atom. The summed E-state index contributed by atoms with van der Waals surface area (Å²) < 4.78 is 0. The van der Waals surface area contributed by atoms with Gasteiger partial charge in [-0.1, -0.05) is 12.8 Å². The highest BCUT2D eigenvalue weighted by Crippen LogP contribution is 1.95. The van der Waals surface area contributed by atoms with E-state index in [1.54, 1.807) is 12.1 Å². The molecule has 0 aliphatic carbocycles. The molecule has 0 heterocycles. The summed E-state index contributed by atoms with van der Waals surface area (Å²) in [5.74, 6) is 0. The molecule has 0 unspecified atom stereocenters. The zero-order chi connectivity index (χ0) is 11.7. The molecule has 0 fully saturated rings. The number of nitrogens with zero attached hydrogens (tertiary/aromatic N) is 2. The first-order valence-electron chi connectivity index (χ1n) is 4.76. The van der Waals surface area contributed by atoms with Crippen molar-refractivity contribution in [2.75, 3.05) is 13.1 Å². The molecule has 0 aliphatic heterocycles. The van der Waals surface area contributed by atoms with E-state index < -0.39 is 0 Å². The van der Waals surface area contributed by atoms with Crippen molar-refractivity contribution >= 4 is 0 Å². The van der Waals surface area contributed by atoms with Crippen molar-refractivity contribution in [2.45, 2.75) is 39.5 Å². The first-order valence-corrected chi connectivity index (χ1v) is 4.76. The van der Waals surface area contributed by atoms with Crippen LogP contribution in [0.2, 0.25) is 0 Å². The summed E-state index contributed by atoms with van der Waals surface area (Å²) in [4.78, 5) is 0. The Bertz CT molecular complexity index is 125. The van der Waals surface area contributed by atoms with Gasteiger partial charge in [0.15, 0.2) is 0 Å². The van der Waals surface area contributed by atoms with Gasteiger partial charge in [0.05, 0.1) is 12.1 Å². The summed E-state index contributed by atoms with van der Waals surface area (Å²) in [6.45, 7) is 4.51. The van der Waals surface area contributed by atoms with E-state index in [0.717, 1.165) is 25.9 Å². The maximum Gasteiger partial charge on any atom is 0.0587 e. The molecule has 4 N–H and O–H groups in total. The molecular weight excluding hydrogens is 176 g/mol. The van der Waals surface area contributed by atoms with Gasteiger partial charge in [-0.3, -0.25) is 0 Å². The standard InChI is InChI=1S/C6H16N2.2C2H3N/c7-5-3-1-2-4-6-8;2*1-2-3/h1-8H2;2*1H3. The molecule has 0 amide bonds. The van der Waals surface area contributed by atoms with Crippen LogP contribution in [0.5, 0.6) is 0 Å². The fourth-order valence-corrected chi connectivity index (χ4v) is 0.642. The van der Waals surface area contributed by atoms with Crippen LogP contribution in [0.15, 0.2) is 0 Å². The largest absolute Gasteiger partial charge is 0.330 e. The van der Waals surface area contributed by atoms with E-state index in [1.165, 1.54) is 26.7 Å². The summed E-state index contributed by atoms with van der Waals surface area (Å²) in [5, 5.41) is 14.6. The first kappa shape index (κ1) is 18.6. The van der Waals surface area contributed by atoms with Gasteiger partial charge >= 0.3 is 0 Å². The highest BCUT2D eigenvalue weighted by atomic mass is 14.5. The van der Waals surface area contributed by atoms with E-state index in [-0.39, 0.29) is 0 Å². The van der Waals surface area contributed by atoms with Crippen molar-refractivity contribution in [3.63, 3.8) is 0 Å². The van der Waals surface area contributed by atoms with Crippen LogP contribution in [0.4, 0.5) is 0 Å². The zero-order valence-electron chi connectivity index (χ0n) is 9.29. The number of unbranched alkanes of at least 4 members (excludes halogenated alkanes) is 3. The molecule has 0 atom stereocenters. The second-order valence-corrected chi connectivity index (χ2v) is 2.44. The van der Waals surface area contributed by atoms with Gasteiger partial charge in [0.1, 0.15) is 0 Å². The van der Waals surface area contributed by atoms with Crippen molar-refractivity contribution in [2.24, 2.45) is 11.5 Å². The molecule has 4 nitrogen and oxygen atoms in total.